The maximum atomic E-state index is 16.3. The van der Waals surface area contributed by atoms with E-state index in [1.165, 1.54) is 18.2 Å². The first-order chi connectivity index (χ1) is 32.0. The number of piperazine rings is 2. The van der Waals surface area contributed by atoms with Crippen LogP contribution in [0, 0.1) is 23.5 Å². The molecule has 66 heavy (non-hydrogen) atoms. The van der Waals surface area contributed by atoms with Gasteiger partial charge in [-0.25, -0.2) is 13.9 Å². The number of aromatic amines is 1. The summed E-state index contributed by atoms with van der Waals surface area (Å²) in [5.41, 5.74) is 1.24. The number of carbonyl (C=O) groups excluding carboxylic acids is 5. The van der Waals surface area contributed by atoms with Crippen LogP contribution in [0.15, 0.2) is 65.5 Å². The molecule has 2 atom stereocenters. The van der Waals surface area contributed by atoms with Crippen LogP contribution in [-0.2, 0) is 20.8 Å². The number of H-pyrrole nitrogens is 1. The van der Waals surface area contributed by atoms with E-state index in [-0.39, 0.29) is 78.2 Å². The molecule has 16 heteroatoms. The SMILES string of the molecule is O=C(N[C@@H](C(=O)N1CCN(CC(=O)N2CCN(C(=O)c3cc(Cc4n[nH]c(=O)c5ccccc45)ccc3F)CC2)CC1)C1CCCCC1)c1cccc(C2CCCN(C(=O)C3CC3)C2)c1F. The minimum atomic E-state index is -0.807. The van der Waals surface area contributed by atoms with E-state index in [1.807, 2.05) is 15.9 Å². The monoisotopic (exact) mass is 904 g/mol. The summed E-state index contributed by atoms with van der Waals surface area (Å²) in [5.74, 6) is -2.64. The van der Waals surface area contributed by atoms with E-state index >= 15 is 8.78 Å². The topological polar surface area (TPSA) is 159 Å². The van der Waals surface area contributed by atoms with Gasteiger partial charge in [0.2, 0.25) is 17.7 Å². The van der Waals surface area contributed by atoms with E-state index in [0.29, 0.717) is 80.0 Å². The molecule has 0 bridgehead atoms. The third-order valence-electron chi connectivity index (χ3n) is 14.4. The van der Waals surface area contributed by atoms with Crippen molar-refractivity contribution >= 4 is 40.3 Å². The van der Waals surface area contributed by atoms with Crippen molar-refractivity contribution in [2.24, 2.45) is 11.8 Å². The fourth-order valence-corrected chi connectivity index (χ4v) is 10.4. The number of hydrogen-bond acceptors (Lipinski definition) is 8. The molecule has 1 aromatic heterocycles. The number of likely N-dealkylation sites (tertiary alicyclic amines) is 1. The van der Waals surface area contributed by atoms with Crippen LogP contribution < -0.4 is 10.9 Å². The molecule has 1 unspecified atom stereocenters. The normalized spacial score (nSPS) is 20.3. The highest BCUT2D eigenvalue weighted by Gasteiger charge is 2.39. The number of carbonyl (C=O) groups is 5. The lowest BCUT2D eigenvalue weighted by molar-refractivity contribution is -0.138. The Bertz CT molecular complexity index is 2540. The maximum Gasteiger partial charge on any atom is 0.272 e. The van der Waals surface area contributed by atoms with Gasteiger partial charge in [0.15, 0.2) is 0 Å². The summed E-state index contributed by atoms with van der Waals surface area (Å²) in [7, 11) is 0. The standard InChI is InChI=1S/C50H58F2N8O6/c51-41-18-15-32(29-42-37-11-4-5-12-38(37)47(63)55-54-42)28-40(41)49(65)58-26-24-57(25-27-58)43(61)31-56-20-22-59(23-21-56)50(66)45(33-8-2-1-3-9-33)53-46(62)39-14-6-13-36(44(39)52)35-10-7-19-60(30-35)48(64)34-16-17-34/h4-6,11-15,18,28,33-35,45H,1-3,7-10,16-17,19-27,29-31H2,(H,53,62)(H,55,63)/t35?,45-/m1/s1. The van der Waals surface area contributed by atoms with Crippen LogP contribution in [0.4, 0.5) is 8.78 Å². The van der Waals surface area contributed by atoms with Crippen molar-refractivity contribution in [2.45, 2.75) is 76.2 Å². The molecule has 9 rings (SSSR count). The van der Waals surface area contributed by atoms with Crippen LogP contribution in [0.2, 0.25) is 0 Å². The van der Waals surface area contributed by atoms with E-state index in [9.17, 15) is 28.8 Å². The van der Waals surface area contributed by atoms with Crippen LogP contribution in [0.3, 0.4) is 0 Å². The molecule has 5 aliphatic rings. The van der Waals surface area contributed by atoms with Gasteiger partial charge in [0.25, 0.3) is 17.4 Å². The van der Waals surface area contributed by atoms with Gasteiger partial charge in [-0.1, -0.05) is 55.7 Å². The molecule has 4 heterocycles. The molecule has 5 amide bonds. The van der Waals surface area contributed by atoms with Crippen molar-refractivity contribution in [3.63, 3.8) is 0 Å². The fraction of sp³-hybridized carbons (Fsp3) is 0.500. The maximum absolute atomic E-state index is 16.3. The average Bonchev–Trinajstić information content (AvgIpc) is 4.21. The van der Waals surface area contributed by atoms with Crippen molar-refractivity contribution in [1.82, 2.24) is 40.0 Å². The second kappa shape index (κ2) is 19.8. The van der Waals surface area contributed by atoms with Gasteiger partial charge < -0.3 is 24.9 Å². The number of halogens is 2. The van der Waals surface area contributed by atoms with E-state index in [4.69, 9.17) is 0 Å². The molecule has 3 aromatic carbocycles. The van der Waals surface area contributed by atoms with Crippen LogP contribution in [0.1, 0.15) is 101 Å². The lowest BCUT2D eigenvalue weighted by Crippen LogP contribution is -2.58. The zero-order valence-corrected chi connectivity index (χ0v) is 37.3. The third-order valence-corrected chi connectivity index (χ3v) is 14.4. The molecule has 3 saturated heterocycles. The molecule has 2 aliphatic carbocycles. The van der Waals surface area contributed by atoms with Gasteiger partial charge >= 0.3 is 0 Å². The first-order valence-corrected chi connectivity index (χ1v) is 23.7. The van der Waals surface area contributed by atoms with Gasteiger partial charge in [-0.05, 0) is 79.8 Å². The predicted octanol–water partition coefficient (Wildman–Crippen LogP) is 4.72. The second-order valence-electron chi connectivity index (χ2n) is 18.8. The average molecular weight is 905 g/mol. The molecule has 2 N–H and O–H groups in total. The minimum Gasteiger partial charge on any atom is -0.342 e. The Balaban J connectivity index is 0.772. The Kier molecular flexibility index (Phi) is 13.6. The molecular weight excluding hydrogens is 847 g/mol. The molecule has 14 nitrogen and oxygen atoms in total. The van der Waals surface area contributed by atoms with Crippen molar-refractivity contribution in [3.8, 4) is 0 Å². The highest BCUT2D eigenvalue weighted by molar-refractivity contribution is 5.98. The highest BCUT2D eigenvalue weighted by atomic mass is 19.1. The van der Waals surface area contributed by atoms with E-state index in [0.717, 1.165) is 57.8 Å². The number of amides is 5. The summed E-state index contributed by atoms with van der Waals surface area (Å²) in [6.45, 7) is 3.98. The number of fused-ring (bicyclic) bond motifs is 1. The molecule has 2 saturated carbocycles. The number of piperidine rings is 1. The number of nitrogens with one attached hydrogen (secondary N) is 2. The Morgan fingerprint density at radius 2 is 1.42 bits per heavy atom. The number of aromatic nitrogens is 2. The van der Waals surface area contributed by atoms with Crippen molar-refractivity contribution in [3.05, 3.63) is 111 Å². The summed E-state index contributed by atoms with van der Waals surface area (Å²) in [6.07, 6.45) is 8.14. The Morgan fingerprint density at radius 3 is 2.17 bits per heavy atom. The van der Waals surface area contributed by atoms with E-state index < -0.39 is 29.5 Å². The largest absolute Gasteiger partial charge is 0.342 e. The van der Waals surface area contributed by atoms with Gasteiger partial charge in [-0.2, -0.15) is 5.10 Å². The summed E-state index contributed by atoms with van der Waals surface area (Å²) in [6, 6.07) is 15.6. The number of hydrogen-bond donors (Lipinski definition) is 2. The Hall–Kier alpha value is -6.03. The van der Waals surface area contributed by atoms with Gasteiger partial charge in [-0.15, -0.1) is 0 Å². The summed E-state index contributed by atoms with van der Waals surface area (Å²) < 4.78 is 31.4. The van der Waals surface area contributed by atoms with Crippen LogP contribution >= 0.6 is 0 Å². The fourth-order valence-electron chi connectivity index (χ4n) is 10.4. The second-order valence-corrected chi connectivity index (χ2v) is 18.8. The number of rotatable bonds is 11. The van der Waals surface area contributed by atoms with E-state index in [2.05, 4.69) is 15.5 Å². The zero-order chi connectivity index (χ0) is 45.9. The van der Waals surface area contributed by atoms with Crippen LogP contribution in [-0.4, -0.2) is 142 Å². The van der Waals surface area contributed by atoms with Gasteiger partial charge in [0, 0.05) is 89.1 Å². The van der Waals surface area contributed by atoms with Crippen molar-refractivity contribution in [1.29, 1.82) is 0 Å². The Labute approximate surface area is 382 Å². The highest BCUT2D eigenvalue weighted by Crippen LogP contribution is 2.36. The number of benzene rings is 3. The first kappa shape index (κ1) is 45.1. The number of nitrogens with zero attached hydrogens (tertiary/aromatic N) is 6. The quantitative estimate of drug-likeness (QED) is 0.219. The molecule has 0 spiro atoms. The first-order valence-electron chi connectivity index (χ1n) is 23.7. The van der Waals surface area contributed by atoms with Gasteiger partial charge in [0.1, 0.15) is 17.7 Å². The van der Waals surface area contributed by atoms with Crippen molar-refractivity contribution < 1.29 is 32.8 Å². The summed E-state index contributed by atoms with van der Waals surface area (Å²) in [5, 5.41) is 10.9. The molecular formula is C50H58F2N8O6. The molecule has 4 aromatic rings. The third kappa shape index (κ3) is 9.88. The molecule has 348 valence electrons. The minimum absolute atomic E-state index is 0.0650. The van der Waals surface area contributed by atoms with Crippen LogP contribution in [0.25, 0.3) is 10.8 Å². The lowest BCUT2D eigenvalue weighted by Gasteiger charge is -2.40. The Morgan fingerprint density at radius 1 is 0.712 bits per heavy atom. The zero-order valence-electron chi connectivity index (χ0n) is 37.3. The van der Waals surface area contributed by atoms with Gasteiger partial charge in [-0.3, -0.25) is 33.7 Å². The predicted molar refractivity (Wildman–Crippen MR) is 243 cm³/mol. The molecule has 0 radical (unpaired) electrons. The summed E-state index contributed by atoms with van der Waals surface area (Å²) >= 11 is 0. The van der Waals surface area contributed by atoms with Crippen LogP contribution in [0.5, 0.6) is 0 Å². The van der Waals surface area contributed by atoms with E-state index in [1.54, 1.807) is 51.1 Å². The summed E-state index contributed by atoms with van der Waals surface area (Å²) in [4.78, 5) is 89.3. The molecule has 3 aliphatic heterocycles. The smallest absolute Gasteiger partial charge is 0.272 e. The van der Waals surface area contributed by atoms with Gasteiger partial charge in [0.05, 0.1) is 28.8 Å². The lowest BCUT2D eigenvalue weighted by atomic mass is 9.83. The van der Waals surface area contributed by atoms with Crippen molar-refractivity contribution in [2.75, 3.05) is 72.0 Å². The molecule has 5 fully saturated rings.